The second kappa shape index (κ2) is 7.88. The number of fused-ring (bicyclic) bond motifs is 1. The van der Waals surface area contributed by atoms with Gasteiger partial charge in [-0.05, 0) is 42.7 Å². The molecule has 4 nitrogen and oxygen atoms in total. The highest BCUT2D eigenvalue weighted by molar-refractivity contribution is 7.10. The number of aliphatic hydroxyl groups excluding tert-OH is 1. The minimum absolute atomic E-state index is 0.235. The fourth-order valence-corrected chi connectivity index (χ4v) is 4.51. The van der Waals surface area contributed by atoms with Crippen LogP contribution in [-0.2, 0) is 15.9 Å². The molecule has 0 unspecified atom stereocenters. The zero-order chi connectivity index (χ0) is 15.4. The van der Waals surface area contributed by atoms with Crippen LogP contribution in [0.4, 0.5) is 0 Å². The van der Waals surface area contributed by atoms with Gasteiger partial charge in [0.05, 0.1) is 25.4 Å². The number of nitrogens with zero attached hydrogens (tertiary/aromatic N) is 1. The molecule has 1 aromatic rings. The molecule has 1 aromatic heterocycles. The molecule has 3 rings (SSSR count). The van der Waals surface area contributed by atoms with Gasteiger partial charge in [0.1, 0.15) is 0 Å². The van der Waals surface area contributed by atoms with Crippen LogP contribution >= 0.6 is 11.3 Å². The molecule has 124 valence electrons. The van der Waals surface area contributed by atoms with E-state index in [1.54, 1.807) is 0 Å². The summed E-state index contributed by atoms with van der Waals surface area (Å²) < 4.78 is 11.2. The molecule has 3 heterocycles. The van der Waals surface area contributed by atoms with Gasteiger partial charge >= 0.3 is 0 Å². The molecule has 3 atom stereocenters. The Morgan fingerprint density at radius 1 is 1.55 bits per heavy atom. The van der Waals surface area contributed by atoms with Crippen LogP contribution in [0.5, 0.6) is 0 Å². The maximum Gasteiger partial charge on any atom is 0.0900 e. The molecule has 22 heavy (non-hydrogen) atoms. The first-order valence-electron chi connectivity index (χ1n) is 8.45. The Kier molecular flexibility index (Phi) is 5.88. The average Bonchev–Trinajstić information content (AvgIpc) is 3.17. The second-order valence-electron chi connectivity index (χ2n) is 6.29. The largest absolute Gasteiger partial charge is 0.389 e. The van der Waals surface area contributed by atoms with Crippen LogP contribution in [0.25, 0.3) is 0 Å². The van der Waals surface area contributed by atoms with E-state index < -0.39 is 6.10 Å². The topological polar surface area (TPSA) is 41.9 Å². The number of aliphatic hydroxyl groups is 1. The van der Waals surface area contributed by atoms with E-state index in [0.717, 1.165) is 38.8 Å². The van der Waals surface area contributed by atoms with Gasteiger partial charge in [-0.3, -0.25) is 4.90 Å². The summed E-state index contributed by atoms with van der Waals surface area (Å²) in [7, 11) is 0. The molecule has 2 aliphatic rings. The highest BCUT2D eigenvalue weighted by atomic mass is 32.1. The first-order chi connectivity index (χ1) is 10.8. The lowest BCUT2D eigenvalue weighted by Gasteiger charge is -2.36. The third kappa shape index (κ3) is 3.89. The van der Waals surface area contributed by atoms with E-state index in [-0.39, 0.29) is 6.10 Å². The maximum atomic E-state index is 10.3. The Morgan fingerprint density at radius 3 is 3.23 bits per heavy atom. The van der Waals surface area contributed by atoms with Gasteiger partial charge in [-0.15, -0.1) is 11.3 Å². The predicted molar refractivity (Wildman–Crippen MR) is 88.4 cm³/mol. The predicted octanol–water partition coefficient (Wildman–Crippen LogP) is 2.61. The van der Waals surface area contributed by atoms with Crippen molar-refractivity contribution in [3.05, 3.63) is 21.9 Å². The number of thiophene rings is 1. The van der Waals surface area contributed by atoms with Gasteiger partial charge in [0.2, 0.25) is 0 Å². The van der Waals surface area contributed by atoms with Crippen molar-refractivity contribution in [1.82, 2.24) is 4.90 Å². The van der Waals surface area contributed by atoms with Crippen molar-refractivity contribution in [2.75, 3.05) is 32.9 Å². The minimum Gasteiger partial charge on any atom is -0.389 e. The number of hydrogen-bond donors (Lipinski definition) is 1. The standard InChI is InChI=1S/C17H27NO3S/c1-2-16-15-6-9-22-17(15)5-7-18(16)10-13(19)11-20-12-14-4-3-8-21-14/h6,9,13-14,16,19H,2-5,7-8,10-12H2,1H3/t13-,14-,16+/m0/s1. The Balaban J connectivity index is 1.45. The van der Waals surface area contributed by atoms with Crippen LogP contribution in [0.1, 0.15) is 42.7 Å². The minimum atomic E-state index is -0.421. The third-order valence-electron chi connectivity index (χ3n) is 4.68. The second-order valence-corrected chi connectivity index (χ2v) is 7.30. The summed E-state index contributed by atoms with van der Waals surface area (Å²) in [5.41, 5.74) is 1.46. The summed E-state index contributed by atoms with van der Waals surface area (Å²) >= 11 is 1.87. The first kappa shape index (κ1) is 16.4. The molecule has 1 fully saturated rings. The zero-order valence-electron chi connectivity index (χ0n) is 13.4. The van der Waals surface area contributed by atoms with Gasteiger partial charge < -0.3 is 14.6 Å². The fourth-order valence-electron chi connectivity index (χ4n) is 3.58. The lowest BCUT2D eigenvalue weighted by molar-refractivity contribution is -0.0295. The van der Waals surface area contributed by atoms with E-state index in [1.165, 1.54) is 10.4 Å². The Hall–Kier alpha value is -0.460. The van der Waals surface area contributed by atoms with Gasteiger partial charge in [0.15, 0.2) is 0 Å². The zero-order valence-corrected chi connectivity index (χ0v) is 14.2. The summed E-state index contributed by atoms with van der Waals surface area (Å²) in [5, 5.41) is 12.5. The SMILES string of the molecule is CC[C@@H]1c2ccsc2CCN1C[C@H](O)COC[C@@H]1CCCO1. The Bertz CT molecular complexity index is 459. The van der Waals surface area contributed by atoms with Crippen LogP contribution in [0, 0.1) is 0 Å². The first-order valence-corrected chi connectivity index (χ1v) is 9.33. The fraction of sp³-hybridized carbons (Fsp3) is 0.765. The Labute approximate surface area is 137 Å². The summed E-state index contributed by atoms with van der Waals surface area (Å²) in [5.74, 6) is 0. The third-order valence-corrected chi connectivity index (χ3v) is 5.67. The van der Waals surface area contributed by atoms with E-state index in [9.17, 15) is 5.11 Å². The number of hydrogen-bond acceptors (Lipinski definition) is 5. The molecule has 0 aliphatic carbocycles. The van der Waals surface area contributed by atoms with E-state index in [1.807, 2.05) is 11.3 Å². The monoisotopic (exact) mass is 325 g/mol. The molecule has 5 heteroatoms. The van der Waals surface area contributed by atoms with Crippen LogP contribution in [-0.4, -0.2) is 55.1 Å². The number of rotatable bonds is 7. The molecule has 0 radical (unpaired) electrons. The van der Waals surface area contributed by atoms with Crippen LogP contribution in [0.2, 0.25) is 0 Å². The Morgan fingerprint density at radius 2 is 2.45 bits per heavy atom. The van der Waals surface area contributed by atoms with Crippen molar-refractivity contribution in [3.63, 3.8) is 0 Å². The van der Waals surface area contributed by atoms with Crippen molar-refractivity contribution >= 4 is 11.3 Å². The van der Waals surface area contributed by atoms with E-state index in [4.69, 9.17) is 9.47 Å². The van der Waals surface area contributed by atoms with Crippen molar-refractivity contribution in [3.8, 4) is 0 Å². The summed E-state index contributed by atoms with van der Waals surface area (Å²) in [6.45, 7) is 5.83. The molecular formula is C17H27NO3S. The van der Waals surface area contributed by atoms with E-state index in [0.29, 0.717) is 25.8 Å². The molecular weight excluding hydrogens is 298 g/mol. The van der Waals surface area contributed by atoms with Gasteiger partial charge in [0.25, 0.3) is 0 Å². The van der Waals surface area contributed by atoms with E-state index in [2.05, 4.69) is 23.3 Å². The van der Waals surface area contributed by atoms with Gasteiger partial charge in [-0.2, -0.15) is 0 Å². The van der Waals surface area contributed by atoms with E-state index >= 15 is 0 Å². The maximum absolute atomic E-state index is 10.3. The van der Waals surface area contributed by atoms with Crippen LogP contribution < -0.4 is 0 Å². The molecule has 0 amide bonds. The summed E-state index contributed by atoms with van der Waals surface area (Å²) in [6.07, 6.45) is 4.22. The van der Waals surface area contributed by atoms with Crippen LogP contribution in [0.15, 0.2) is 11.4 Å². The smallest absolute Gasteiger partial charge is 0.0900 e. The van der Waals surface area contributed by atoms with Crippen molar-refractivity contribution in [2.45, 2.75) is 50.9 Å². The lowest BCUT2D eigenvalue weighted by atomic mass is 9.97. The van der Waals surface area contributed by atoms with Crippen molar-refractivity contribution < 1.29 is 14.6 Å². The lowest BCUT2D eigenvalue weighted by Crippen LogP contribution is -2.41. The van der Waals surface area contributed by atoms with Crippen LogP contribution in [0.3, 0.4) is 0 Å². The molecule has 1 saturated heterocycles. The highest BCUT2D eigenvalue weighted by Crippen LogP contribution is 2.35. The molecule has 0 bridgehead atoms. The van der Waals surface area contributed by atoms with Gasteiger partial charge in [-0.25, -0.2) is 0 Å². The molecule has 0 saturated carbocycles. The molecule has 1 N–H and O–H groups in total. The molecule has 2 aliphatic heterocycles. The van der Waals surface area contributed by atoms with Gasteiger partial charge in [0, 0.05) is 30.6 Å². The molecule has 0 spiro atoms. The van der Waals surface area contributed by atoms with Gasteiger partial charge in [-0.1, -0.05) is 6.92 Å². The molecule has 0 aromatic carbocycles. The number of β-amino-alcohol motifs (C(OH)–C–C–N with tert-alkyl or cyclic N) is 1. The van der Waals surface area contributed by atoms with Crippen molar-refractivity contribution in [2.24, 2.45) is 0 Å². The van der Waals surface area contributed by atoms with Crippen molar-refractivity contribution in [1.29, 1.82) is 0 Å². The quantitative estimate of drug-likeness (QED) is 0.837. The summed E-state index contributed by atoms with van der Waals surface area (Å²) in [6, 6.07) is 2.70. The highest BCUT2D eigenvalue weighted by Gasteiger charge is 2.28. The summed E-state index contributed by atoms with van der Waals surface area (Å²) in [4.78, 5) is 3.93. The average molecular weight is 325 g/mol. The number of ether oxygens (including phenoxy) is 2. The normalized spacial score (nSPS) is 27.0.